The summed E-state index contributed by atoms with van der Waals surface area (Å²) in [5.41, 5.74) is 2.60. The summed E-state index contributed by atoms with van der Waals surface area (Å²) in [5, 5.41) is 0. The Balaban J connectivity index is 1.76. The summed E-state index contributed by atoms with van der Waals surface area (Å²) in [7, 11) is 1.67. The molecular weight excluding hydrogens is 378 g/mol. The molecule has 2 atom stereocenters. The Bertz CT molecular complexity index is 920. The lowest BCUT2D eigenvalue weighted by atomic mass is 9.74. The number of aliphatic imine (C=N–C) groups is 1. The minimum absolute atomic E-state index is 0.0447. The largest absolute Gasteiger partial charge is 0.490 e. The molecule has 1 aliphatic carbocycles. The molecule has 0 N–H and O–H groups in total. The van der Waals surface area contributed by atoms with Crippen molar-refractivity contribution in [1.82, 2.24) is 0 Å². The summed E-state index contributed by atoms with van der Waals surface area (Å²) >= 11 is 0. The van der Waals surface area contributed by atoms with Crippen molar-refractivity contribution in [2.24, 2.45) is 10.9 Å². The van der Waals surface area contributed by atoms with Crippen LogP contribution >= 0.6 is 0 Å². The molecule has 0 aliphatic heterocycles. The molecule has 1 fully saturated rings. The Labute approximate surface area is 178 Å². The molecule has 2 aromatic carbocycles. The van der Waals surface area contributed by atoms with Gasteiger partial charge in [0.15, 0.2) is 17.3 Å². The number of carbonyl (C=O) groups is 2. The SMILES string of the molecule is CCOc1ccc(CC(=O)[C@@H]2C(=O)C[C@@H](c3ccccc3)CC2=NC)cc1OCC. The Morgan fingerprint density at radius 2 is 1.70 bits per heavy atom. The average Bonchev–Trinajstić information content (AvgIpc) is 2.75. The highest BCUT2D eigenvalue weighted by molar-refractivity contribution is 6.23. The quantitative estimate of drug-likeness (QED) is 0.607. The zero-order chi connectivity index (χ0) is 21.5. The molecule has 1 saturated carbocycles. The molecule has 0 spiro atoms. The van der Waals surface area contributed by atoms with Crippen LogP contribution in [-0.2, 0) is 16.0 Å². The summed E-state index contributed by atoms with van der Waals surface area (Å²) in [6.45, 7) is 4.86. The number of carbonyl (C=O) groups excluding carboxylic acids is 2. The van der Waals surface area contributed by atoms with Crippen LogP contribution in [0.3, 0.4) is 0 Å². The van der Waals surface area contributed by atoms with Gasteiger partial charge in [0.2, 0.25) is 0 Å². The van der Waals surface area contributed by atoms with E-state index in [2.05, 4.69) is 4.99 Å². The molecule has 0 heterocycles. The molecule has 30 heavy (non-hydrogen) atoms. The molecule has 2 aromatic rings. The highest BCUT2D eigenvalue weighted by Gasteiger charge is 2.38. The zero-order valence-electron chi connectivity index (χ0n) is 17.9. The fourth-order valence-corrected chi connectivity index (χ4v) is 4.04. The van der Waals surface area contributed by atoms with E-state index >= 15 is 0 Å². The van der Waals surface area contributed by atoms with E-state index in [1.807, 2.05) is 62.4 Å². The van der Waals surface area contributed by atoms with Gasteiger partial charge in [0.05, 0.1) is 13.2 Å². The van der Waals surface area contributed by atoms with E-state index in [0.29, 0.717) is 43.3 Å². The van der Waals surface area contributed by atoms with E-state index in [9.17, 15) is 9.59 Å². The number of rotatable bonds is 8. The summed E-state index contributed by atoms with van der Waals surface area (Å²) in [5.74, 6) is 0.447. The van der Waals surface area contributed by atoms with Crippen LogP contribution in [0.4, 0.5) is 0 Å². The predicted molar refractivity (Wildman–Crippen MR) is 118 cm³/mol. The average molecular weight is 408 g/mol. The van der Waals surface area contributed by atoms with Crippen molar-refractivity contribution in [2.75, 3.05) is 20.3 Å². The minimum Gasteiger partial charge on any atom is -0.490 e. The van der Waals surface area contributed by atoms with Gasteiger partial charge in [-0.2, -0.15) is 0 Å². The topological polar surface area (TPSA) is 65.0 Å². The molecule has 0 amide bonds. The Morgan fingerprint density at radius 1 is 1.00 bits per heavy atom. The highest BCUT2D eigenvalue weighted by Crippen LogP contribution is 2.34. The Kier molecular flexibility index (Phi) is 7.39. The van der Waals surface area contributed by atoms with E-state index in [1.54, 1.807) is 7.05 Å². The summed E-state index contributed by atoms with van der Waals surface area (Å²) in [6, 6.07) is 15.5. The third-order valence-electron chi connectivity index (χ3n) is 5.42. The molecule has 0 aromatic heterocycles. The first-order valence-corrected chi connectivity index (χ1v) is 10.5. The molecule has 158 valence electrons. The van der Waals surface area contributed by atoms with Gasteiger partial charge in [-0.25, -0.2) is 0 Å². The van der Waals surface area contributed by atoms with Crippen LogP contribution in [0.15, 0.2) is 53.5 Å². The Hall–Kier alpha value is -2.95. The predicted octanol–water partition coefficient (Wildman–Crippen LogP) is 4.43. The van der Waals surface area contributed by atoms with Crippen molar-refractivity contribution in [3.63, 3.8) is 0 Å². The van der Waals surface area contributed by atoms with Crippen molar-refractivity contribution >= 4 is 17.3 Å². The number of Topliss-reactive ketones (excluding diaryl/α,β-unsaturated/α-hetero) is 2. The van der Waals surface area contributed by atoms with E-state index in [-0.39, 0.29) is 23.9 Å². The maximum atomic E-state index is 13.1. The molecule has 0 radical (unpaired) electrons. The van der Waals surface area contributed by atoms with Crippen molar-refractivity contribution in [3.05, 3.63) is 59.7 Å². The van der Waals surface area contributed by atoms with Crippen LogP contribution in [0, 0.1) is 5.92 Å². The summed E-state index contributed by atoms with van der Waals surface area (Å²) in [6.07, 6.45) is 1.17. The van der Waals surface area contributed by atoms with Crippen molar-refractivity contribution < 1.29 is 19.1 Å². The van der Waals surface area contributed by atoms with E-state index in [1.165, 1.54) is 0 Å². The zero-order valence-corrected chi connectivity index (χ0v) is 17.9. The summed E-state index contributed by atoms with van der Waals surface area (Å²) < 4.78 is 11.2. The van der Waals surface area contributed by atoms with E-state index < -0.39 is 5.92 Å². The van der Waals surface area contributed by atoms with Crippen LogP contribution in [0.5, 0.6) is 11.5 Å². The minimum atomic E-state index is -0.753. The van der Waals surface area contributed by atoms with Gasteiger partial charge in [-0.15, -0.1) is 0 Å². The molecular formula is C25H29NO4. The molecule has 5 heteroatoms. The number of ether oxygens (including phenoxy) is 2. The summed E-state index contributed by atoms with van der Waals surface area (Å²) in [4.78, 5) is 30.4. The maximum Gasteiger partial charge on any atom is 0.161 e. The second kappa shape index (κ2) is 10.2. The van der Waals surface area contributed by atoms with Gasteiger partial charge >= 0.3 is 0 Å². The number of benzene rings is 2. The fraction of sp³-hybridized carbons (Fsp3) is 0.400. The second-order valence-electron chi connectivity index (χ2n) is 7.42. The number of nitrogens with zero attached hydrogens (tertiary/aromatic N) is 1. The van der Waals surface area contributed by atoms with Crippen LogP contribution in [0.25, 0.3) is 0 Å². The van der Waals surface area contributed by atoms with E-state index in [4.69, 9.17) is 9.47 Å². The Morgan fingerprint density at radius 3 is 2.37 bits per heavy atom. The lowest BCUT2D eigenvalue weighted by molar-refractivity contribution is -0.130. The lowest BCUT2D eigenvalue weighted by Gasteiger charge is -2.28. The third-order valence-corrected chi connectivity index (χ3v) is 5.42. The molecule has 5 nitrogen and oxygen atoms in total. The monoisotopic (exact) mass is 407 g/mol. The molecule has 0 unspecified atom stereocenters. The first kappa shape index (κ1) is 21.8. The molecule has 0 saturated heterocycles. The highest BCUT2D eigenvalue weighted by atomic mass is 16.5. The fourth-order valence-electron chi connectivity index (χ4n) is 4.04. The van der Waals surface area contributed by atoms with Gasteiger partial charge in [-0.05, 0) is 49.4 Å². The number of hydrogen-bond acceptors (Lipinski definition) is 5. The van der Waals surface area contributed by atoms with Crippen molar-refractivity contribution in [1.29, 1.82) is 0 Å². The van der Waals surface area contributed by atoms with Gasteiger partial charge in [0, 0.05) is 25.6 Å². The van der Waals surface area contributed by atoms with Crippen LogP contribution < -0.4 is 9.47 Å². The third kappa shape index (κ3) is 4.96. The normalized spacial score (nSPS) is 20.2. The van der Waals surface area contributed by atoms with Crippen molar-refractivity contribution in [3.8, 4) is 11.5 Å². The number of ketones is 2. The van der Waals surface area contributed by atoms with Crippen LogP contribution in [0.1, 0.15) is 43.7 Å². The van der Waals surface area contributed by atoms with Gasteiger partial charge in [-0.1, -0.05) is 36.4 Å². The lowest BCUT2D eigenvalue weighted by Crippen LogP contribution is -2.39. The maximum absolute atomic E-state index is 13.1. The van der Waals surface area contributed by atoms with Gasteiger partial charge in [0.25, 0.3) is 0 Å². The standard InChI is InChI=1S/C25H29NO4/c1-4-29-23-12-11-17(14-24(23)30-5-2)13-21(27)25-20(26-3)15-19(16-22(25)28)18-9-7-6-8-10-18/h6-12,14,19,25H,4-5,13,15-16H2,1-3H3/t19-,25+/m0/s1. The van der Waals surface area contributed by atoms with Gasteiger partial charge < -0.3 is 9.47 Å². The van der Waals surface area contributed by atoms with Crippen LogP contribution in [-0.4, -0.2) is 37.5 Å². The van der Waals surface area contributed by atoms with Gasteiger partial charge in [-0.3, -0.25) is 14.6 Å². The van der Waals surface area contributed by atoms with Crippen LogP contribution in [0.2, 0.25) is 0 Å². The first-order valence-electron chi connectivity index (χ1n) is 10.5. The first-order chi connectivity index (χ1) is 14.6. The second-order valence-corrected chi connectivity index (χ2v) is 7.42. The molecule has 0 bridgehead atoms. The van der Waals surface area contributed by atoms with Gasteiger partial charge in [0.1, 0.15) is 11.7 Å². The van der Waals surface area contributed by atoms with E-state index in [0.717, 1.165) is 11.1 Å². The molecule has 3 rings (SSSR count). The van der Waals surface area contributed by atoms with Crippen molar-refractivity contribution in [2.45, 2.75) is 39.0 Å². The molecule has 1 aliphatic rings. The number of hydrogen-bond donors (Lipinski definition) is 0. The smallest absolute Gasteiger partial charge is 0.161 e.